The number of rotatable bonds is 7. The summed E-state index contributed by atoms with van der Waals surface area (Å²) in [6, 6.07) is 13.8. The highest BCUT2D eigenvalue weighted by atomic mass is 16.6. The molecule has 10 heteroatoms. The van der Waals surface area contributed by atoms with E-state index in [9.17, 15) is 14.9 Å². The van der Waals surface area contributed by atoms with E-state index in [1.54, 1.807) is 19.1 Å². The molecule has 0 bridgehead atoms. The lowest BCUT2D eigenvalue weighted by Gasteiger charge is -2.41. The Labute approximate surface area is 241 Å². The molecule has 2 aliphatic heterocycles. The Morgan fingerprint density at radius 2 is 1.71 bits per heavy atom. The molecule has 1 aromatic heterocycles. The van der Waals surface area contributed by atoms with Crippen LogP contribution in [0.1, 0.15) is 24.6 Å². The van der Waals surface area contributed by atoms with Crippen LogP contribution in [0.25, 0.3) is 10.9 Å². The quantitative estimate of drug-likeness (QED) is 0.350. The number of nitrogens with zero attached hydrogens (tertiary/aromatic N) is 6. The molecule has 3 heterocycles. The van der Waals surface area contributed by atoms with Crippen molar-refractivity contribution in [2.24, 2.45) is 0 Å². The average molecular weight is 560 g/mol. The van der Waals surface area contributed by atoms with Gasteiger partial charge in [-0.1, -0.05) is 0 Å². The largest absolute Gasteiger partial charge is 0.369 e. The van der Waals surface area contributed by atoms with Gasteiger partial charge < -0.3 is 19.7 Å². The molecule has 6 rings (SSSR count). The summed E-state index contributed by atoms with van der Waals surface area (Å²) in [5, 5.41) is 15.3. The lowest BCUT2D eigenvalue weighted by atomic mass is 9.90. The Bertz CT molecular complexity index is 1400. The van der Waals surface area contributed by atoms with E-state index < -0.39 is 0 Å². The molecule has 1 unspecified atom stereocenters. The first-order chi connectivity index (χ1) is 19.9. The van der Waals surface area contributed by atoms with E-state index in [-0.39, 0.29) is 16.5 Å². The topological polar surface area (TPSA) is 90.1 Å². The maximum absolute atomic E-state index is 11.8. The predicted octanol–water partition coefficient (Wildman–Crippen LogP) is 3.43. The second-order valence-electron chi connectivity index (χ2n) is 11.8. The van der Waals surface area contributed by atoms with Gasteiger partial charge in [-0.3, -0.25) is 24.7 Å². The number of aromatic nitrogens is 1. The monoisotopic (exact) mass is 559 g/mol. The third-order valence-corrected chi connectivity index (χ3v) is 9.25. The van der Waals surface area contributed by atoms with Crippen molar-refractivity contribution in [2.75, 3.05) is 76.2 Å². The maximum atomic E-state index is 11.8. The van der Waals surface area contributed by atoms with Crippen LogP contribution in [-0.4, -0.2) is 102 Å². The normalized spacial score (nSPS) is 20.7. The number of likely N-dealkylation sites (N-methyl/N-ethyl adjacent to an activating group) is 1. The number of carbonyl (C=O) groups is 1. The van der Waals surface area contributed by atoms with Crippen molar-refractivity contribution in [1.82, 2.24) is 19.3 Å². The summed E-state index contributed by atoms with van der Waals surface area (Å²) in [5.41, 5.74) is 6.24. The highest BCUT2D eigenvalue weighted by Gasteiger charge is 2.31. The fourth-order valence-corrected chi connectivity index (χ4v) is 6.92. The molecule has 0 saturated carbocycles. The highest BCUT2D eigenvalue weighted by molar-refractivity contribution is 5.94. The van der Waals surface area contributed by atoms with Crippen LogP contribution in [0.4, 0.5) is 17.1 Å². The molecule has 3 aliphatic rings. The van der Waals surface area contributed by atoms with Gasteiger partial charge in [-0.25, -0.2) is 0 Å². The Hall–Kier alpha value is -3.47. The zero-order valence-electron chi connectivity index (χ0n) is 24.2. The molecule has 0 radical (unpaired) electrons. The van der Waals surface area contributed by atoms with Crippen LogP contribution in [0.15, 0.2) is 42.5 Å². The minimum atomic E-state index is -0.346. The molecule has 2 saturated heterocycles. The van der Waals surface area contributed by atoms with E-state index in [4.69, 9.17) is 0 Å². The number of hydrogen-bond donors (Lipinski definition) is 1. The summed E-state index contributed by atoms with van der Waals surface area (Å²) >= 11 is 0. The summed E-state index contributed by atoms with van der Waals surface area (Å²) < 4.78 is 2.56. The Balaban J connectivity index is 1.18. The third-order valence-electron chi connectivity index (χ3n) is 9.25. The van der Waals surface area contributed by atoms with Gasteiger partial charge in [-0.05, 0) is 62.2 Å². The fourth-order valence-electron chi connectivity index (χ4n) is 6.92. The van der Waals surface area contributed by atoms with Crippen LogP contribution < -0.4 is 10.2 Å². The van der Waals surface area contributed by atoms with Gasteiger partial charge in [0, 0.05) is 119 Å². The summed E-state index contributed by atoms with van der Waals surface area (Å²) in [4.78, 5) is 32.4. The summed E-state index contributed by atoms with van der Waals surface area (Å²) in [6.45, 7) is 11.9. The second kappa shape index (κ2) is 11.8. The van der Waals surface area contributed by atoms with Crippen LogP contribution in [-0.2, 0) is 24.2 Å². The van der Waals surface area contributed by atoms with E-state index in [0.29, 0.717) is 6.04 Å². The molecule has 41 heavy (non-hydrogen) atoms. The number of benzene rings is 2. The summed E-state index contributed by atoms with van der Waals surface area (Å²) in [7, 11) is 2.20. The minimum absolute atomic E-state index is 0.0449. The number of nitro benzene ring substituents is 1. The standard InChI is InChI=1S/C31H41N7O3/c1-23(39)32-24-3-9-30-28(21-24)29-22-27(8-10-31(29)37(30)20-15-34-13-11-33(2)12-14-34)36-18-16-35(17-19-36)25-4-6-26(7-5-25)38(40)41/h3-7,9,21,27H,8,10-20,22H2,1-2H3,(H,32,39). The predicted molar refractivity (Wildman–Crippen MR) is 163 cm³/mol. The van der Waals surface area contributed by atoms with Crippen LogP contribution >= 0.6 is 0 Å². The number of hydrogen-bond acceptors (Lipinski definition) is 7. The Morgan fingerprint density at radius 3 is 2.39 bits per heavy atom. The maximum Gasteiger partial charge on any atom is 0.269 e. The molecular weight excluding hydrogens is 518 g/mol. The van der Waals surface area contributed by atoms with Gasteiger partial charge in [0.15, 0.2) is 0 Å². The Morgan fingerprint density at radius 1 is 0.976 bits per heavy atom. The summed E-state index contributed by atoms with van der Waals surface area (Å²) in [6.07, 6.45) is 3.23. The molecule has 2 aromatic carbocycles. The first kappa shape index (κ1) is 27.7. The number of nitro groups is 1. The van der Waals surface area contributed by atoms with Crippen molar-refractivity contribution in [3.63, 3.8) is 0 Å². The van der Waals surface area contributed by atoms with Gasteiger partial charge in [0.25, 0.3) is 5.69 Å². The van der Waals surface area contributed by atoms with Gasteiger partial charge >= 0.3 is 0 Å². The van der Waals surface area contributed by atoms with Gasteiger partial charge in [0.2, 0.25) is 5.91 Å². The lowest BCUT2D eigenvalue weighted by Crippen LogP contribution is -2.51. The molecule has 0 spiro atoms. The number of non-ortho nitro benzene ring substituents is 1. The number of nitrogens with one attached hydrogen (secondary N) is 1. The fraction of sp³-hybridized carbons (Fsp3) is 0.516. The molecule has 1 aliphatic carbocycles. The van der Waals surface area contributed by atoms with Crippen molar-refractivity contribution < 1.29 is 9.72 Å². The average Bonchev–Trinajstić information content (AvgIpc) is 3.29. The van der Waals surface area contributed by atoms with Crippen LogP contribution in [0, 0.1) is 10.1 Å². The molecule has 218 valence electrons. The van der Waals surface area contributed by atoms with E-state index in [0.717, 1.165) is 96.1 Å². The van der Waals surface area contributed by atoms with Crippen molar-refractivity contribution in [3.8, 4) is 0 Å². The molecule has 1 amide bonds. The first-order valence-corrected chi connectivity index (χ1v) is 14.9. The highest BCUT2D eigenvalue weighted by Crippen LogP contribution is 2.36. The van der Waals surface area contributed by atoms with Crippen molar-refractivity contribution in [3.05, 3.63) is 63.8 Å². The number of carbonyl (C=O) groups excluding carboxylic acids is 1. The van der Waals surface area contributed by atoms with Crippen molar-refractivity contribution in [1.29, 1.82) is 0 Å². The second-order valence-corrected chi connectivity index (χ2v) is 11.8. The molecule has 10 nitrogen and oxygen atoms in total. The van der Waals surface area contributed by atoms with E-state index in [1.165, 1.54) is 22.2 Å². The van der Waals surface area contributed by atoms with Crippen LogP contribution in [0.2, 0.25) is 0 Å². The summed E-state index contributed by atoms with van der Waals surface area (Å²) in [5.74, 6) is -0.0449. The molecule has 2 fully saturated rings. The van der Waals surface area contributed by atoms with Crippen LogP contribution in [0.5, 0.6) is 0 Å². The van der Waals surface area contributed by atoms with Gasteiger partial charge in [-0.2, -0.15) is 0 Å². The van der Waals surface area contributed by atoms with Gasteiger partial charge in [0.05, 0.1) is 4.92 Å². The number of fused-ring (bicyclic) bond motifs is 3. The van der Waals surface area contributed by atoms with E-state index in [2.05, 4.69) is 48.7 Å². The van der Waals surface area contributed by atoms with Crippen molar-refractivity contribution >= 4 is 33.9 Å². The smallest absolute Gasteiger partial charge is 0.269 e. The first-order valence-electron chi connectivity index (χ1n) is 14.9. The zero-order valence-corrected chi connectivity index (χ0v) is 24.2. The van der Waals surface area contributed by atoms with Gasteiger partial charge in [-0.15, -0.1) is 0 Å². The zero-order chi connectivity index (χ0) is 28.5. The number of anilines is 2. The number of piperazine rings is 2. The minimum Gasteiger partial charge on any atom is -0.369 e. The third kappa shape index (κ3) is 5.95. The lowest BCUT2D eigenvalue weighted by molar-refractivity contribution is -0.384. The van der Waals surface area contributed by atoms with E-state index >= 15 is 0 Å². The number of amides is 1. The SMILES string of the molecule is CC(=O)Nc1ccc2c(c1)c1c(n2CCN2CCN(C)CC2)CCC(N2CCN(c3ccc([N+](=O)[O-])cc3)CC2)C1. The molecule has 1 N–H and O–H groups in total. The van der Waals surface area contributed by atoms with Gasteiger partial charge in [0.1, 0.15) is 0 Å². The molecule has 3 aromatic rings. The van der Waals surface area contributed by atoms with Crippen LogP contribution in [0.3, 0.4) is 0 Å². The molecule has 1 atom stereocenters. The van der Waals surface area contributed by atoms with Crippen molar-refractivity contribution in [2.45, 2.75) is 38.8 Å². The van der Waals surface area contributed by atoms with E-state index in [1.807, 2.05) is 18.2 Å². The molecular formula is C31H41N7O3. The Kier molecular flexibility index (Phi) is 7.96.